The van der Waals surface area contributed by atoms with Crippen molar-refractivity contribution in [3.8, 4) is 0 Å². The lowest BCUT2D eigenvalue weighted by Crippen LogP contribution is -2.07. The summed E-state index contributed by atoms with van der Waals surface area (Å²) in [6.45, 7) is 3.86. The van der Waals surface area contributed by atoms with Crippen molar-refractivity contribution in [3.63, 3.8) is 0 Å². The second-order valence-corrected chi connectivity index (χ2v) is 4.50. The van der Waals surface area contributed by atoms with Crippen LogP contribution < -0.4 is 0 Å². The van der Waals surface area contributed by atoms with Crippen molar-refractivity contribution in [2.75, 3.05) is 0 Å². The molecule has 0 aliphatic rings. The van der Waals surface area contributed by atoms with Gasteiger partial charge in [0.2, 0.25) is 0 Å². The summed E-state index contributed by atoms with van der Waals surface area (Å²) in [5.74, 6) is 0. The van der Waals surface area contributed by atoms with Gasteiger partial charge in [0.15, 0.2) is 0 Å². The van der Waals surface area contributed by atoms with Gasteiger partial charge in [0.25, 0.3) is 0 Å². The van der Waals surface area contributed by atoms with Crippen LogP contribution in [0.15, 0.2) is 73.3 Å². The molecule has 0 aliphatic carbocycles. The zero-order valence-corrected chi connectivity index (χ0v) is 11.2. The van der Waals surface area contributed by atoms with Crippen molar-refractivity contribution in [1.82, 2.24) is 0 Å². The summed E-state index contributed by atoms with van der Waals surface area (Å²) in [5.41, 5.74) is 2.12. The van der Waals surface area contributed by atoms with E-state index in [2.05, 4.69) is 30.8 Å². The Morgan fingerprint density at radius 3 is 2.60 bits per heavy atom. The Hall–Kier alpha value is -2.10. The van der Waals surface area contributed by atoms with Crippen LogP contribution in [0.3, 0.4) is 0 Å². The largest absolute Gasteiger partial charge is 0.455 e. The summed E-state index contributed by atoms with van der Waals surface area (Å²) >= 11 is 0. The topological polar surface area (TPSA) is 40.5 Å². The summed E-state index contributed by atoms with van der Waals surface area (Å²) in [7, 11) is -1.30. The Labute approximate surface area is 119 Å². The number of hydrogen-bond acceptors (Lipinski definition) is 2. The van der Waals surface area contributed by atoms with Crippen LogP contribution in [0, 0.1) is 0 Å². The first-order chi connectivity index (χ1) is 9.72. The van der Waals surface area contributed by atoms with E-state index >= 15 is 0 Å². The van der Waals surface area contributed by atoms with Crippen molar-refractivity contribution in [2.45, 2.75) is 6.32 Å². The Bertz CT molecular complexity index is 652. The maximum atomic E-state index is 8.80. The number of allylic oxidation sites excluding steroid dienone is 5. The molecule has 2 N–H and O–H groups in total. The van der Waals surface area contributed by atoms with Gasteiger partial charge in [-0.25, -0.2) is 0 Å². The zero-order chi connectivity index (χ0) is 14.4. The minimum atomic E-state index is -1.30. The van der Waals surface area contributed by atoms with Crippen LogP contribution in [-0.2, 0) is 0 Å². The zero-order valence-electron chi connectivity index (χ0n) is 11.2. The Kier molecular flexibility index (Phi) is 4.94. The Morgan fingerprint density at radius 1 is 1.10 bits per heavy atom. The number of rotatable bonds is 5. The van der Waals surface area contributed by atoms with Crippen LogP contribution in [0.25, 0.3) is 16.3 Å². The van der Waals surface area contributed by atoms with Gasteiger partial charge in [0.05, 0.1) is 0 Å². The van der Waals surface area contributed by atoms with Crippen LogP contribution in [0.5, 0.6) is 0 Å². The highest BCUT2D eigenvalue weighted by molar-refractivity contribution is 6.41. The predicted molar refractivity (Wildman–Crippen MR) is 86.3 cm³/mol. The molecule has 2 rings (SSSR count). The summed E-state index contributed by atoms with van der Waals surface area (Å²) in [5, 5.41) is 20.0. The molecule has 0 atom stereocenters. The van der Waals surface area contributed by atoms with Gasteiger partial charge in [0.1, 0.15) is 0 Å². The minimum Gasteiger partial charge on any atom is -0.427 e. The van der Waals surface area contributed by atoms with Crippen molar-refractivity contribution >= 4 is 23.5 Å². The van der Waals surface area contributed by atoms with E-state index in [0.29, 0.717) is 0 Å². The average Bonchev–Trinajstić information content (AvgIpc) is 2.47. The first-order valence-corrected chi connectivity index (χ1v) is 6.56. The van der Waals surface area contributed by atoms with Crippen molar-refractivity contribution in [2.24, 2.45) is 0 Å². The first kappa shape index (κ1) is 14.3. The van der Waals surface area contributed by atoms with Crippen molar-refractivity contribution in [3.05, 3.63) is 78.9 Å². The summed E-state index contributed by atoms with van der Waals surface area (Å²) < 4.78 is 0. The third-order valence-corrected chi connectivity index (χ3v) is 3.08. The second kappa shape index (κ2) is 6.89. The van der Waals surface area contributed by atoms with E-state index < -0.39 is 7.12 Å². The molecule has 2 aromatic carbocycles. The third kappa shape index (κ3) is 3.47. The summed E-state index contributed by atoms with van der Waals surface area (Å²) in [4.78, 5) is 0. The quantitative estimate of drug-likeness (QED) is 0.641. The highest BCUT2D eigenvalue weighted by Crippen LogP contribution is 2.25. The molecule has 3 heteroatoms. The molecule has 0 bridgehead atoms. The molecule has 0 aromatic heterocycles. The van der Waals surface area contributed by atoms with Crippen LogP contribution in [0.4, 0.5) is 0 Å². The summed E-state index contributed by atoms with van der Waals surface area (Å²) in [6.07, 6.45) is 7.49. The molecule has 0 saturated carbocycles. The van der Waals surface area contributed by atoms with Crippen molar-refractivity contribution in [1.29, 1.82) is 0 Å². The molecule has 0 spiro atoms. The van der Waals surface area contributed by atoms with E-state index in [-0.39, 0.29) is 6.32 Å². The molecule has 0 heterocycles. The van der Waals surface area contributed by atoms with Gasteiger partial charge in [-0.2, -0.15) is 0 Å². The average molecular weight is 264 g/mol. The lowest BCUT2D eigenvalue weighted by Gasteiger charge is -2.06. The lowest BCUT2D eigenvalue weighted by molar-refractivity contribution is 0.411. The Balaban J connectivity index is 2.37. The van der Waals surface area contributed by atoms with Gasteiger partial charge in [-0.15, -0.1) is 0 Å². The molecular weight excluding hydrogens is 247 g/mol. The number of hydrogen-bond donors (Lipinski definition) is 2. The summed E-state index contributed by atoms with van der Waals surface area (Å²) in [6, 6.07) is 14.4. The minimum absolute atomic E-state index is 0.219. The molecular formula is C17H17BO2. The van der Waals surface area contributed by atoms with E-state index in [9.17, 15) is 0 Å². The monoisotopic (exact) mass is 264 g/mol. The molecule has 0 unspecified atom stereocenters. The number of fused-ring (bicyclic) bond motifs is 1. The maximum absolute atomic E-state index is 8.80. The van der Waals surface area contributed by atoms with Gasteiger partial charge in [-0.1, -0.05) is 73.3 Å². The highest BCUT2D eigenvalue weighted by atomic mass is 16.4. The van der Waals surface area contributed by atoms with Gasteiger partial charge < -0.3 is 10.0 Å². The highest BCUT2D eigenvalue weighted by Gasteiger charge is 2.03. The maximum Gasteiger partial charge on any atom is 0.455 e. The molecule has 20 heavy (non-hydrogen) atoms. The normalized spacial score (nSPS) is 12.0. The molecule has 2 nitrogen and oxygen atoms in total. The first-order valence-electron chi connectivity index (χ1n) is 6.56. The van der Waals surface area contributed by atoms with E-state index in [4.69, 9.17) is 10.0 Å². The SMILES string of the molecule is C=C/C(=C\C=C/CB(O)O)c1cccc2ccccc12. The van der Waals surface area contributed by atoms with E-state index in [1.807, 2.05) is 36.4 Å². The van der Waals surface area contributed by atoms with Gasteiger partial charge in [-0.3, -0.25) is 0 Å². The van der Waals surface area contributed by atoms with Crippen LogP contribution >= 0.6 is 0 Å². The van der Waals surface area contributed by atoms with Gasteiger partial charge in [-0.05, 0) is 21.9 Å². The molecule has 2 aromatic rings. The fraction of sp³-hybridized carbons (Fsp3) is 0.0588. The predicted octanol–water partition coefficient (Wildman–Crippen LogP) is 3.44. The van der Waals surface area contributed by atoms with E-state index in [0.717, 1.165) is 11.1 Å². The molecule has 0 aliphatic heterocycles. The third-order valence-electron chi connectivity index (χ3n) is 3.08. The van der Waals surface area contributed by atoms with Gasteiger partial charge >= 0.3 is 7.12 Å². The Morgan fingerprint density at radius 2 is 1.85 bits per heavy atom. The fourth-order valence-corrected chi connectivity index (χ4v) is 2.12. The second-order valence-electron chi connectivity index (χ2n) is 4.50. The molecule has 0 fully saturated rings. The molecule has 0 amide bonds. The smallest absolute Gasteiger partial charge is 0.427 e. The van der Waals surface area contributed by atoms with E-state index in [1.54, 1.807) is 6.08 Å². The molecule has 0 radical (unpaired) electrons. The molecule has 100 valence electrons. The molecule has 0 saturated heterocycles. The van der Waals surface area contributed by atoms with E-state index in [1.165, 1.54) is 10.8 Å². The standard InChI is InChI=1S/C17H17BO2/c1-2-14(8-5-6-13-18(19)20)16-12-7-10-15-9-3-4-11-17(15)16/h2-12,19-20H,1,13H2/b6-5-,14-8+. The van der Waals surface area contributed by atoms with Gasteiger partial charge in [0, 0.05) is 6.32 Å². The van der Waals surface area contributed by atoms with Crippen LogP contribution in [0.1, 0.15) is 5.56 Å². The fourth-order valence-electron chi connectivity index (χ4n) is 2.12. The number of benzene rings is 2. The van der Waals surface area contributed by atoms with Crippen molar-refractivity contribution < 1.29 is 10.0 Å². The lowest BCUT2D eigenvalue weighted by atomic mass is 9.86. The van der Waals surface area contributed by atoms with Crippen LogP contribution in [0.2, 0.25) is 6.32 Å². The van der Waals surface area contributed by atoms with Crippen LogP contribution in [-0.4, -0.2) is 17.2 Å².